The zero-order valence-electron chi connectivity index (χ0n) is 17.6. The second-order valence-electron chi connectivity index (χ2n) is 8.27. The van der Waals surface area contributed by atoms with Crippen LogP contribution in [0.1, 0.15) is 33.3 Å². The summed E-state index contributed by atoms with van der Waals surface area (Å²) in [5.74, 6) is -1.60. The molecule has 1 N–H and O–H groups in total. The van der Waals surface area contributed by atoms with Gasteiger partial charge in [-0.25, -0.2) is 4.79 Å². The highest BCUT2D eigenvalue weighted by Gasteiger charge is 2.51. The number of benzene rings is 1. The maximum absolute atomic E-state index is 12.1. The van der Waals surface area contributed by atoms with Gasteiger partial charge in [-0.1, -0.05) is 36.4 Å². The molecule has 3 rings (SSSR count). The summed E-state index contributed by atoms with van der Waals surface area (Å²) < 4.78 is 29.2. The third-order valence-electron chi connectivity index (χ3n) is 4.98. The zero-order chi connectivity index (χ0) is 21.1. The lowest BCUT2D eigenvalue weighted by atomic mass is 9.95. The second-order valence-corrected chi connectivity index (χ2v) is 8.27. The molecular formula is C22H31NO6. The van der Waals surface area contributed by atoms with Crippen LogP contribution in [0.25, 0.3) is 0 Å². The Morgan fingerprint density at radius 3 is 2.55 bits per heavy atom. The molecule has 160 valence electrons. The van der Waals surface area contributed by atoms with E-state index in [4.69, 9.17) is 23.7 Å². The summed E-state index contributed by atoms with van der Waals surface area (Å²) in [5, 5.41) is 2.80. The smallest absolute Gasteiger partial charge is 0.407 e. The highest BCUT2D eigenvalue weighted by atomic mass is 16.8. The Bertz CT molecular complexity index is 705. The molecule has 2 saturated heterocycles. The largest absolute Gasteiger partial charge is 0.445 e. The van der Waals surface area contributed by atoms with Crippen molar-refractivity contribution in [1.29, 1.82) is 0 Å². The van der Waals surface area contributed by atoms with Crippen LogP contribution in [0, 0.1) is 5.92 Å². The van der Waals surface area contributed by atoms with Gasteiger partial charge in [0.2, 0.25) is 0 Å². The van der Waals surface area contributed by atoms with Gasteiger partial charge in [0.05, 0.1) is 12.7 Å². The molecule has 1 aromatic carbocycles. The van der Waals surface area contributed by atoms with Gasteiger partial charge in [0.1, 0.15) is 18.8 Å². The molecule has 0 saturated carbocycles. The summed E-state index contributed by atoms with van der Waals surface area (Å²) in [5.41, 5.74) is 0.929. The molecule has 1 aromatic rings. The van der Waals surface area contributed by atoms with Gasteiger partial charge in [-0.3, -0.25) is 0 Å². The van der Waals surface area contributed by atoms with E-state index in [0.29, 0.717) is 13.2 Å². The number of carbonyl (C=O) groups excluding carboxylic acids is 1. The van der Waals surface area contributed by atoms with Crippen molar-refractivity contribution in [3.05, 3.63) is 48.6 Å². The third-order valence-corrected chi connectivity index (χ3v) is 4.98. The fourth-order valence-electron chi connectivity index (χ4n) is 3.62. The van der Waals surface area contributed by atoms with Crippen molar-refractivity contribution in [2.45, 2.75) is 64.2 Å². The van der Waals surface area contributed by atoms with Crippen molar-refractivity contribution in [1.82, 2.24) is 5.32 Å². The molecule has 0 radical (unpaired) electrons. The van der Waals surface area contributed by atoms with Crippen molar-refractivity contribution in [3.8, 4) is 0 Å². The molecular weight excluding hydrogens is 374 g/mol. The van der Waals surface area contributed by atoms with Gasteiger partial charge in [0.25, 0.3) is 0 Å². The highest BCUT2D eigenvalue weighted by Crippen LogP contribution is 2.38. The van der Waals surface area contributed by atoms with E-state index in [1.807, 2.05) is 58.0 Å². The SMILES string of the molecule is C=CC(CNC(=O)OCc1ccccc1)[C@H]1OC(C)(C)O[C@@H]1[C@H]1COC(C)(C)O1. The first-order valence-electron chi connectivity index (χ1n) is 9.94. The van der Waals surface area contributed by atoms with E-state index in [-0.39, 0.29) is 30.8 Å². The molecule has 7 heteroatoms. The molecule has 0 spiro atoms. The molecule has 2 aliphatic heterocycles. The number of hydrogen-bond acceptors (Lipinski definition) is 6. The minimum absolute atomic E-state index is 0.182. The molecule has 4 atom stereocenters. The average Bonchev–Trinajstić information content (AvgIpc) is 3.20. The maximum Gasteiger partial charge on any atom is 0.407 e. The van der Waals surface area contributed by atoms with Crippen LogP contribution in [0.4, 0.5) is 4.79 Å². The Balaban J connectivity index is 1.57. The molecule has 2 fully saturated rings. The van der Waals surface area contributed by atoms with Crippen LogP contribution < -0.4 is 5.32 Å². The number of alkyl carbamates (subject to hydrolysis) is 1. The summed E-state index contributed by atoms with van der Waals surface area (Å²) >= 11 is 0. The monoisotopic (exact) mass is 405 g/mol. The van der Waals surface area contributed by atoms with E-state index in [9.17, 15) is 4.79 Å². The summed E-state index contributed by atoms with van der Waals surface area (Å²) in [6.45, 7) is 12.3. The predicted molar refractivity (Wildman–Crippen MR) is 107 cm³/mol. The molecule has 7 nitrogen and oxygen atoms in total. The van der Waals surface area contributed by atoms with E-state index in [2.05, 4.69) is 11.9 Å². The van der Waals surface area contributed by atoms with E-state index >= 15 is 0 Å². The Morgan fingerprint density at radius 2 is 1.93 bits per heavy atom. The van der Waals surface area contributed by atoms with Crippen molar-refractivity contribution >= 4 is 6.09 Å². The van der Waals surface area contributed by atoms with Gasteiger partial charge in [-0.15, -0.1) is 6.58 Å². The first-order valence-corrected chi connectivity index (χ1v) is 9.94. The van der Waals surface area contributed by atoms with E-state index in [1.54, 1.807) is 6.08 Å². The Morgan fingerprint density at radius 1 is 1.21 bits per heavy atom. The van der Waals surface area contributed by atoms with Gasteiger partial charge >= 0.3 is 6.09 Å². The molecule has 0 bridgehead atoms. The molecule has 1 unspecified atom stereocenters. The highest BCUT2D eigenvalue weighted by molar-refractivity contribution is 5.67. The lowest BCUT2D eigenvalue weighted by molar-refractivity contribution is -0.175. The second kappa shape index (κ2) is 8.83. The van der Waals surface area contributed by atoms with Crippen molar-refractivity contribution < 1.29 is 28.5 Å². The van der Waals surface area contributed by atoms with Crippen LogP contribution in [0.5, 0.6) is 0 Å². The van der Waals surface area contributed by atoms with Gasteiger partial charge in [-0.2, -0.15) is 0 Å². The number of carbonyl (C=O) groups is 1. The molecule has 2 aliphatic rings. The Hall–Kier alpha value is -1.93. The van der Waals surface area contributed by atoms with Crippen LogP contribution in [-0.4, -0.2) is 49.1 Å². The predicted octanol–water partition coefficient (Wildman–Crippen LogP) is 3.39. The topological polar surface area (TPSA) is 75.3 Å². The van der Waals surface area contributed by atoms with Gasteiger partial charge in [0, 0.05) is 12.5 Å². The summed E-state index contributed by atoms with van der Waals surface area (Å²) in [6.07, 6.45) is 0.346. The minimum Gasteiger partial charge on any atom is -0.445 e. The minimum atomic E-state index is -0.763. The van der Waals surface area contributed by atoms with Crippen LogP contribution >= 0.6 is 0 Å². The first-order chi connectivity index (χ1) is 13.7. The zero-order valence-corrected chi connectivity index (χ0v) is 17.6. The fraction of sp³-hybridized carbons (Fsp3) is 0.591. The number of rotatable bonds is 7. The standard InChI is InChI=1S/C22H31NO6/c1-6-16(12-23-20(24)25-13-15-10-8-7-9-11-15)18-19(29-22(4,5)28-18)17-14-26-21(2,3)27-17/h6-11,16-19H,1,12-14H2,2-5H3,(H,23,24)/t16?,17-,18-,19-/m1/s1. The molecule has 0 aromatic heterocycles. The van der Waals surface area contributed by atoms with Gasteiger partial charge < -0.3 is 29.0 Å². The molecule has 29 heavy (non-hydrogen) atoms. The molecule has 0 aliphatic carbocycles. The van der Waals surface area contributed by atoms with Crippen molar-refractivity contribution in [2.24, 2.45) is 5.92 Å². The van der Waals surface area contributed by atoms with Crippen molar-refractivity contribution in [3.63, 3.8) is 0 Å². The third kappa shape index (κ3) is 5.79. The van der Waals surface area contributed by atoms with E-state index in [1.165, 1.54) is 0 Å². The summed E-state index contributed by atoms with van der Waals surface area (Å²) in [6, 6.07) is 9.53. The lowest BCUT2D eigenvalue weighted by Crippen LogP contribution is -2.44. The van der Waals surface area contributed by atoms with Crippen molar-refractivity contribution in [2.75, 3.05) is 13.2 Å². The van der Waals surface area contributed by atoms with E-state index < -0.39 is 17.7 Å². The quantitative estimate of drug-likeness (QED) is 0.701. The maximum atomic E-state index is 12.1. The summed E-state index contributed by atoms with van der Waals surface area (Å²) in [7, 11) is 0. The van der Waals surface area contributed by atoms with Gasteiger partial charge in [0.15, 0.2) is 11.6 Å². The molecule has 1 amide bonds. The van der Waals surface area contributed by atoms with Crippen LogP contribution in [0.2, 0.25) is 0 Å². The first kappa shape index (κ1) is 21.8. The number of nitrogens with one attached hydrogen (secondary N) is 1. The number of amides is 1. The van der Waals surface area contributed by atoms with Crippen LogP contribution in [-0.2, 0) is 30.3 Å². The number of ether oxygens (including phenoxy) is 5. The van der Waals surface area contributed by atoms with E-state index in [0.717, 1.165) is 5.56 Å². The average molecular weight is 405 g/mol. The fourth-order valence-corrected chi connectivity index (χ4v) is 3.62. The van der Waals surface area contributed by atoms with Crippen LogP contribution in [0.3, 0.4) is 0 Å². The number of hydrogen-bond donors (Lipinski definition) is 1. The lowest BCUT2D eigenvalue weighted by Gasteiger charge is -2.27. The molecule has 2 heterocycles. The van der Waals surface area contributed by atoms with Gasteiger partial charge in [-0.05, 0) is 33.3 Å². The normalized spacial score (nSPS) is 28.6. The Labute approximate surface area is 172 Å². The summed E-state index contributed by atoms with van der Waals surface area (Å²) in [4.78, 5) is 12.1. The Kier molecular flexibility index (Phi) is 6.63. The van der Waals surface area contributed by atoms with Crippen LogP contribution in [0.15, 0.2) is 43.0 Å².